The Morgan fingerprint density at radius 1 is 1.00 bits per heavy atom. The zero-order valence-electron chi connectivity index (χ0n) is 13.1. The first-order valence-corrected chi connectivity index (χ1v) is 7.38. The molecule has 1 unspecified atom stereocenters. The smallest absolute Gasteiger partial charge is 0.0246 e. The summed E-state index contributed by atoms with van der Waals surface area (Å²) in [4.78, 5) is 2.74. The lowest BCUT2D eigenvalue weighted by atomic mass is 9.97. The maximum atomic E-state index is 3.36. The number of nitrogens with one attached hydrogen (secondary N) is 1. The topological polar surface area (TPSA) is 15.3 Å². The van der Waals surface area contributed by atoms with Crippen molar-refractivity contribution >= 4 is 0 Å². The van der Waals surface area contributed by atoms with Crippen LogP contribution < -0.4 is 5.32 Å². The van der Waals surface area contributed by atoms with Crippen molar-refractivity contribution in [2.75, 3.05) is 20.1 Å². The summed E-state index contributed by atoms with van der Waals surface area (Å²) in [5, 5.41) is 3.36. The van der Waals surface area contributed by atoms with E-state index in [1.165, 1.54) is 19.4 Å². The molecule has 2 heteroatoms. The molecule has 0 aliphatic carbocycles. The van der Waals surface area contributed by atoms with Gasteiger partial charge in [0.2, 0.25) is 0 Å². The van der Waals surface area contributed by atoms with E-state index in [2.05, 4.69) is 58.8 Å². The maximum Gasteiger partial charge on any atom is 0.0246 e. The average Bonchev–Trinajstić information content (AvgIpc) is 2.25. The third-order valence-electron chi connectivity index (χ3n) is 3.60. The number of rotatable bonds is 9. The van der Waals surface area contributed by atoms with E-state index in [4.69, 9.17) is 0 Å². The highest BCUT2D eigenvalue weighted by Gasteiger charge is 2.26. The van der Waals surface area contributed by atoms with E-state index in [0.717, 1.165) is 18.5 Å². The summed E-state index contributed by atoms with van der Waals surface area (Å²) in [6.45, 7) is 16.3. The summed E-state index contributed by atoms with van der Waals surface area (Å²) in [5.41, 5.74) is 0. The molecule has 0 aliphatic heterocycles. The second-order valence-corrected chi connectivity index (χ2v) is 5.93. The molecule has 0 fully saturated rings. The molecule has 0 aromatic carbocycles. The van der Waals surface area contributed by atoms with Gasteiger partial charge >= 0.3 is 0 Å². The van der Waals surface area contributed by atoms with Crippen LogP contribution in [0.4, 0.5) is 0 Å². The molecule has 0 bridgehead atoms. The van der Waals surface area contributed by atoms with Gasteiger partial charge in [0.05, 0.1) is 0 Å². The predicted molar refractivity (Wildman–Crippen MR) is 78.5 cm³/mol. The summed E-state index contributed by atoms with van der Waals surface area (Å²) in [6, 6.07) is 1.39. The van der Waals surface area contributed by atoms with Crippen molar-refractivity contribution in [2.45, 2.75) is 66.5 Å². The Bertz CT molecular complexity index is 174. The molecule has 0 heterocycles. The molecular formula is C15H34N2. The second-order valence-electron chi connectivity index (χ2n) is 5.93. The molecule has 0 saturated carbocycles. The van der Waals surface area contributed by atoms with Gasteiger partial charge in [-0.2, -0.15) is 0 Å². The SMILES string of the molecule is CCC(CC)N(CC(C)C)C(CNC)C(C)C. The summed E-state index contributed by atoms with van der Waals surface area (Å²) in [5.74, 6) is 1.45. The fourth-order valence-corrected chi connectivity index (χ4v) is 2.68. The van der Waals surface area contributed by atoms with Crippen LogP contribution in [0.3, 0.4) is 0 Å². The third-order valence-corrected chi connectivity index (χ3v) is 3.60. The van der Waals surface area contributed by atoms with Crippen molar-refractivity contribution in [3.05, 3.63) is 0 Å². The van der Waals surface area contributed by atoms with Crippen LogP contribution in [0.5, 0.6) is 0 Å². The van der Waals surface area contributed by atoms with Crippen LogP contribution in [0.1, 0.15) is 54.4 Å². The molecule has 0 aromatic heterocycles. The molecule has 0 saturated heterocycles. The minimum atomic E-state index is 0.660. The molecule has 0 amide bonds. The first-order chi connectivity index (χ1) is 7.97. The Hall–Kier alpha value is -0.0800. The molecule has 1 N–H and O–H groups in total. The Balaban J connectivity index is 4.82. The van der Waals surface area contributed by atoms with Crippen LogP contribution in [0, 0.1) is 11.8 Å². The van der Waals surface area contributed by atoms with Crippen LogP contribution in [0.15, 0.2) is 0 Å². The molecule has 2 nitrogen and oxygen atoms in total. The molecule has 0 radical (unpaired) electrons. The van der Waals surface area contributed by atoms with E-state index in [0.29, 0.717) is 12.0 Å². The van der Waals surface area contributed by atoms with Crippen molar-refractivity contribution in [3.8, 4) is 0 Å². The summed E-state index contributed by atoms with van der Waals surface area (Å²) in [7, 11) is 2.07. The van der Waals surface area contributed by atoms with Gasteiger partial charge < -0.3 is 5.32 Å². The average molecular weight is 242 g/mol. The first kappa shape index (κ1) is 16.9. The molecular weight excluding hydrogens is 208 g/mol. The zero-order chi connectivity index (χ0) is 13.4. The maximum absolute atomic E-state index is 3.36. The van der Waals surface area contributed by atoms with Crippen LogP contribution >= 0.6 is 0 Å². The normalized spacial score (nSPS) is 14.3. The molecule has 0 aromatic rings. The molecule has 104 valence electrons. The van der Waals surface area contributed by atoms with Gasteiger partial charge in [0, 0.05) is 25.2 Å². The highest BCUT2D eigenvalue weighted by molar-refractivity contribution is 4.82. The van der Waals surface area contributed by atoms with E-state index < -0.39 is 0 Å². The van der Waals surface area contributed by atoms with Crippen molar-refractivity contribution in [1.82, 2.24) is 10.2 Å². The van der Waals surface area contributed by atoms with Crippen LogP contribution in [0.2, 0.25) is 0 Å². The molecule has 1 atom stereocenters. The summed E-state index contributed by atoms with van der Waals surface area (Å²) in [6.07, 6.45) is 2.52. The van der Waals surface area contributed by atoms with Crippen molar-refractivity contribution < 1.29 is 0 Å². The lowest BCUT2D eigenvalue weighted by Crippen LogP contribution is -2.51. The molecule has 17 heavy (non-hydrogen) atoms. The molecule has 0 rings (SSSR count). The standard InChI is InChI=1S/C15H34N2/c1-8-14(9-2)17(11-12(3)4)15(10-16-7)13(5)6/h12-16H,8-11H2,1-7H3. The van der Waals surface area contributed by atoms with Gasteiger partial charge in [-0.3, -0.25) is 4.90 Å². The first-order valence-electron chi connectivity index (χ1n) is 7.38. The Morgan fingerprint density at radius 2 is 1.53 bits per heavy atom. The van der Waals surface area contributed by atoms with Gasteiger partial charge in [-0.15, -0.1) is 0 Å². The number of nitrogens with zero attached hydrogens (tertiary/aromatic N) is 1. The number of hydrogen-bond acceptors (Lipinski definition) is 2. The Labute approximate surface area is 109 Å². The fourth-order valence-electron chi connectivity index (χ4n) is 2.68. The van der Waals surface area contributed by atoms with E-state index in [1.54, 1.807) is 0 Å². The minimum absolute atomic E-state index is 0.660. The quantitative estimate of drug-likeness (QED) is 0.667. The van der Waals surface area contributed by atoms with Crippen LogP contribution in [0.25, 0.3) is 0 Å². The molecule has 0 aliphatic rings. The van der Waals surface area contributed by atoms with E-state index >= 15 is 0 Å². The lowest BCUT2D eigenvalue weighted by molar-refractivity contribution is 0.0816. The van der Waals surface area contributed by atoms with Gasteiger partial charge in [0.1, 0.15) is 0 Å². The fraction of sp³-hybridized carbons (Fsp3) is 1.00. The minimum Gasteiger partial charge on any atom is -0.318 e. The van der Waals surface area contributed by atoms with Crippen molar-refractivity contribution in [1.29, 1.82) is 0 Å². The Morgan fingerprint density at radius 3 is 1.82 bits per heavy atom. The Kier molecular flexibility index (Phi) is 8.89. The van der Waals surface area contributed by atoms with Gasteiger partial charge in [-0.1, -0.05) is 41.5 Å². The van der Waals surface area contributed by atoms with E-state index in [-0.39, 0.29) is 0 Å². The third kappa shape index (κ3) is 5.87. The van der Waals surface area contributed by atoms with Gasteiger partial charge in [0.25, 0.3) is 0 Å². The summed E-state index contributed by atoms with van der Waals surface area (Å²) >= 11 is 0. The zero-order valence-corrected chi connectivity index (χ0v) is 13.1. The van der Waals surface area contributed by atoms with Gasteiger partial charge in [-0.25, -0.2) is 0 Å². The van der Waals surface area contributed by atoms with Gasteiger partial charge in [0.15, 0.2) is 0 Å². The highest BCUT2D eigenvalue weighted by Crippen LogP contribution is 2.19. The number of likely N-dealkylation sites (N-methyl/N-ethyl adjacent to an activating group) is 1. The van der Waals surface area contributed by atoms with Gasteiger partial charge in [-0.05, 0) is 31.7 Å². The van der Waals surface area contributed by atoms with E-state index in [1.807, 2.05) is 0 Å². The number of hydrogen-bond donors (Lipinski definition) is 1. The van der Waals surface area contributed by atoms with Crippen molar-refractivity contribution in [2.24, 2.45) is 11.8 Å². The van der Waals surface area contributed by atoms with Crippen LogP contribution in [-0.2, 0) is 0 Å². The van der Waals surface area contributed by atoms with Crippen LogP contribution in [-0.4, -0.2) is 37.1 Å². The lowest BCUT2D eigenvalue weighted by Gasteiger charge is -2.41. The molecule has 0 spiro atoms. The predicted octanol–water partition coefficient (Wildman–Crippen LogP) is 3.38. The largest absolute Gasteiger partial charge is 0.318 e. The monoisotopic (exact) mass is 242 g/mol. The second kappa shape index (κ2) is 8.93. The summed E-state index contributed by atoms with van der Waals surface area (Å²) < 4.78 is 0. The van der Waals surface area contributed by atoms with Crippen molar-refractivity contribution in [3.63, 3.8) is 0 Å². The highest BCUT2D eigenvalue weighted by atomic mass is 15.2. The van der Waals surface area contributed by atoms with E-state index in [9.17, 15) is 0 Å².